The number of carbonyl (C=O) groups excluding carboxylic acids is 1. The number of carbonyl (C=O) groups is 1. The van der Waals surface area contributed by atoms with Crippen LogP contribution < -0.4 is 0 Å². The average molecular weight is 275 g/mol. The van der Waals surface area contributed by atoms with Crippen LogP contribution in [0, 0.1) is 11.3 Å². The minimum atomic E-state index is -4.57. The van der Waals surface area contributed by atoms with E-state index >= 15 is 0 Å². The van der Waals surface area contributed by atoms with Crippen LogP contribution in [0.3, 0.4) is 0 Å². The third-order valence-electron chi connectivity index (χ3n) is 2.80. The molecular formula is C15H8F3NO. The molecule has 0 aromatic heterocycles. The summed E-state index contributed by atoms with van der Waals surface area (Å²) >= 11 is 0. The van der Waals surface area contributed by atoms with Crippen molar-refractivity contribution in [2.75, 3.05) is 0 Å². The number of alkyl halides is 3. The summed E-state index contributed by atoms with van der Waals surface area (Å²) in [6.45, 7) is 0. The molecule has 5 heteroatoms. The SMILES string of the molecule is N#Cc1cccc(C(F)(F)F)c1-c1cccc(C=O)c1. The fourth-order valence-electron chi connectivity index (χ4n) is 1.96. The molecule has 0 spiro atoms. The largest absolute Gasteiger partial charge is 0.417 e. The second kappa shape index (κ2) is 5.17. The van der Waals surface area contributed by atoms with Gasteiger partial charge in [0, 0.05) is 11.1 Å². The first-order chi connectivity index (χ1) is 9.47. The second-order valence-electron chi connectivity index (χ2n) is 4.08. The summed E-state index contributed by atoms with van der Waals surface area (Å²) in [6, 6.07) is 10.9. The zero-order valence-corrected chi connectivity index (χ0v) is 10.1. The van der Waals surface area contributed by atoms with Gasteiger partial charge in [-0.3, -0.25) is 4.79 Å². The van der Waals surface area contributed by atoms with Crippen LogP contribution >= 0.6 is 0 Å². The molecular weight excluding hydrogens is 267 g/mol. The van der Waals surface area contributed by atoms with E-state index in [-0.39, 0.29) is 22.3 Å². The maximum Gasteiger partial charge on any atom is 0.417 e. The summed E-state index contributed by atoms with van der Waals surface area (Å²) < 4.78 is 39.2. The van der Waals surface area contributed by atoms with Crippen LogP contribution in [0.5, 0.6) is 0 Å². The summed E-state index contributed by atoms with van der Waals surface area (Å²) in [5, 5.41) is 9.01. The lowest BCUT2D eigenvalue weighted by Gasteiger charge is -2.14. The van der Waals surface area contributed by atoms with E-state index in [9.17, 15) is 18.0 Å². The van der Waals surface area contributed by atoms with E-state index in [4.69, 9.17) is 5.26 Å². The molecule has 2 aromatic rings. The first-order valence-corrected chi connectivity index (χ1v) is 5.63. The predicted octanol–water partition coefficient (Wildman–Crippen LogP) is 4.06. The number of hydrogen-bond acceptors (Lipinski definition) is 2. The standard InChI is InChI=1S/C15H8F3NO/c16-15(17,18)13-6-2-5-12(8-19)14(13)11-4-1-3-10(7-11)9-20/h1-7,9H. The summed E-state index contributed by atoms with van der Waals surface area (Å²) in [4.78, 5) is 10.7. The molecule has 0 N–H and O–H groups in total. The predicted molar refractivity (Wildman–Crippen MR) is 67.0 cm³/mol. The van der Waals surface area contributed by atoms with E-state index in [2.05, 4.69) is 0 Å². The topological polar surface area (TPSA) is 40.9 Å². The highest BCUT2D eigenvalue weighted by atomic mass is 19.4. The lowest BCUT2D eigenvalue weighted by atomic mass is 9.93. The molecule has 0 saturated heterocycles. The summed E-state index contributed by atoms with van der Waals surface area (Å²) in [7, 11) is 0. The first kappa shape index (κ1) is 13.8. The van der Waals surface area contributed by atoms with E-state index in [0.717, 1.165) is 6.07 Å². The minimum absolute atomic E-state index is 0.0807. The zero-order chi connectivity index (χ0) is 14.8. The highest BCUT2D eigenvalue weighted by molar-refractivity contribution is 5.81. The van der Waals surface area contributed by atoms with Crippen molar-refractivity contribution in [1.29, 1.82) is 5.26 Å². The van der Waals surface area contributed by atoms with Crippen LogP contribution in [0.4, 0.5) is 13.2 Å². The van der Waals surface area contributed by atoms with Crippen LogP contribution in [-0.2, 0) is 6.18 Å². The van der Waals surface area contributed by atoms with E-state index < -0.39 is 11.7 Å². The number of nitriles is 1. The Bertz CT molecular complexity index is 699. The molecule has 0 bridgehead atoms. The van der Waals surface area contributed by atoms with Crippen molar-refractivity contribution in [1.82, 2.24) is 0 Å². The normalized spacial score (nSPS) is 10.9. The van der Waals surface area contributed by atoms with Gasteiger partial charge in [0.1, 0.15) is 6.29 Å². The van der Waals surface area contributed by atoms with E-state index in [0.29, 0.717) is 6.29 Å². The van der Waals surface area contributed by atoms with Crippen LogP contribution in [0.1, 0.15) is 21.5 Å². The van der Waals surface area contributed by atoms with Gasteiger partial charge in [-0.1, -0.05) is 24.3 Å². The van der Waals surface area contributed by atoms with Crippen molar-refractivity contribution < 1.29 is 18.0 Å². The van der Waals surface area contributed by atoms with Gasteiger partial charge in [0.25, 0.3) is 0 Å². The van der Waals surface area contributed by atoms with E-state index in [1.807, 2.05) is 0 Å². The molecule has 0 radical (unpaired) electrons. The first-order valence-electron chi connectivity index (χ1n) is 5.63. The maximum atomic E-state index is 13.1. The van der Waals surface area contributed by atoms with Gasteiger partial charge in [0.15, 0.2) is 0 Å². The molecule has 0 saturated carbocycles. The van der Waals surface area contributed by atoms with Crippen molar-refractivity contribution in [3.63, 3.8) is 0 Å². The van der Waals surface area contributed by atoms with Crippen molar-refractivity contribution in [3.8, 4) is 17.2 Å². The number of benzene rings is 2. The lowest BCUT2D eigenvalue weighted by molar-refractivity contribution is -0.137. The summed E-state index contributed by atoms with van der Waals surface area (Å²) in [6.07, 6.45) is -4.02. The molecule has 0 unspecified atom stereocenters. The second-order valence-corrected chi connectivity index (χ2v) is 4.08. The van der Waals surface area contributed by atoms with Crippen LogP contribution in [-0.4, -0.2) is 6.29 Å². The number of rotatable bonds is 2. The fraction of sp³-hybridized carbons (Fsp3) is 0.0667. The van der Waals surface area contributed by atoms with E-state index in [1.165, 1.54) is 36.4 Å². The Kier molecular flexibility index (Phi) is 3.57. The molecule has 0 aliphatic heterocycles. The number of nitrogens with zero attached hydrogens (tertiary/aromatic N) is 1. The van der Waals surface area contributed by atoms with Gasteiger partial charge in [-0.2, -0.15) is 18.4 Å². The Balaban J connectivity index is 2.77. The molecule has 100 valence electrons. The molecule has 0 atom stereocenters. The van der Waals surface area contributed by atoms with Crippen molar-refractivity contribution in [3.05, 3.63) is 59.2 Å². The van der Waals surface area contributed by atoms with Crippen LogP contribution in [0.2, 0.25) is 0 Å². The Labute approximate surface area is 113 Å². The smallest absolute Gasteiger partial charge is 0.298 e. The van der Waals surface area contributed by atoms with Crippen molar-refractivity contribution in [2.45, 2.75) is 6.18 Å². The van der Waals surface area contributed by atoms with Gasteiger partial charge < -0.3 is 0 Å². The maximum absolute atomic E-state index is 13.1. The van der Waals surface area contributed by atoms with E-state index in [1.54, 1.807) is 6.07 Å². The zero-order valence-electron chi connectivity index (χ0n) is 10.1. The van der Waals surface area contributed by atoms with Gasteiger partial charge >= 0.3 is 6.18 Å². The third kappa shape index (κ3) is 2.54. The molecule has 0 fully saturated rings. The summed E-state index contributed by atoms with van der Waals surface area (Å²) in [5.41, 5.74) is -0.726. The van der Waals surface area contributed by atoms with Crippen molar-refractivity contribution >= 4 is 6.29 Å². The molecule has 2 rings (SSSR count). The van der Waals surface area contributed by atoms with Crippen molar-refractivity contribution in [2.24, 2.45) is 0 Å². The number of halogens is 3. The average Bonchev–Trinajstić information content (AvgIpc) is 2.45. The molecule has 2 nitrogen and oxygen atoms in total. The van der Waals surface area contributed by atoms with Gasteiger partial charge in [0.05, 0.1) is 17.2 Å². The summed E-state index contributed by atoms with van der Waals surface area (Å²) in [5.74, 6) is 0. The van der Waals surface area contributed by atoms with Crippen LogP contribution in [0.15, 0.2) is 42.5 Å². The molecule has 20 heavy (non-hydrogen) atoms. The van der Waals surface area contributed by atoms with Gasteiger partial charge in [0.2, 0.25) is 0 Å². The number of aldehydes is 1. The van der Waals surface area contributed by atoms with Gasteiger partial charge in [-0.15, -0.1) is 0 Å². The molecule has 0 aliphatic carbocycles. The third-order valence-corrected chi connectivity index (χ3v) is 2.80. The van der Waals surface area contributed by atoms with Gasteiger partial charge in [-0.05, 0) is 23.8 Å². The quantitative estimate of drug-likeness (QED) is 0.775. The Hall–Kier alpha value is -2.61. The highest BCUT2D eigenvalue weighted by Gasteiger charge is 2.34. The highest BCUT2D eigenvalue weighted by Crippen LogP contribution is 2.38. The fourth-order valence-corrected chi connectivity index (χ4v) is 1.96. The Morgan fingerprint density at radius 3 is 2.40 bits per heavy atom. The van der Waals surface area contributed by atoms with Crippen LogP contribution in [0.25, 0.3) is 11.1 Å². The molecule has 2 aromatic carbocycles. The monoisotopic (exact) mass is 275 g/mol. The Morgan fingerprint density at radius 2 is 1.80 bits per heavy atom. The molecule has 0 heterocycles. The van der Waals surface area contributed by atoms with Gasteiger partial charge in [-0.25, -0.2) is 0 Å². The minimum Gasteiger partial charge on any atom is -0.298 e. The Morgan fingerprint density at radius 1 is 1.10 bits per heavy atom. The lowest BCUT2D eigenvalue weighted by Crippen LogP contribution is -2.08. The molecule has 0 aliphatic rings. The molecule has 0 amide bonds. The number of hydrogen-bond donors (Lipinski definition) is 0.